The third-order valence-corrected chi connectivity index (χ3v) is 3.71. The minimum atomic E-state index is 0.224. The number of hydrogen-bond acceptors (Lipinski definition) is 2. The summed E-state index contributed by atoms with van der Waals surface area (Å²) in [6, 6.07) is 8.65. The van der Waals surface area contributed by atoms with E-state index in [4.69, 9.17) is 0 Å². The molecule has 0 aliphatic rings. The maximum atomic E-state index is 4.53. The summed E-state index contributed by atoms with van der Waals surface area (Å²) in [5.41, 5.74) is 4.43. The highest BCUT2D eigenvalue weighted by molar-refractivity contribution is 5.20. The van der Waals surface area contributed by atoms with Crippen LogP contribution in [0.3, 0.4) is 0 Å². The molecule has 2 aromatic rings. The van der Waals surface area contributed by atoms with Crippen LogP contribution in [0.25, 0.3) is 0 Å². The molecular formula is C20H28N2. The highest BCUT2D eigenvalue weighted by atomic mass is 14.7. The predicted octanol–water partition coefficient (Wildman–Crippen LogP) is 4.88. The normalized spacial score (nSPS) is 12.4. The molecule has 2 heterocycles. The van der Waals surface area contributed by atoms with E-state index in [0.29, 0.717) is 0 Å². The van der Waals surface area contributed by atoms with E-state index in [1.54, 1.807) is 0 Å². The van der Waals surface area contributed by atoms with Crippen LogP contribution in [0.1, 0.15) is 51.4 Å². The quantitative estimate of drug-likeness (QED) is 0.786. The lowest BCUT2D eigenvalue weighted by molar-refractivity contribution is 0.360. The zero-order valence-corrected chi connectivity index (χ0v) is 14.6. The van der Waals surface area contributed by atoms with Crippen molar-refractivity contribution in [2.75, 3.05) is 0 Å². The van der Waals surface area contributed by atoms with E-state index in [9.17, 15) is 0 Å². The van der Waals surface area contributed by atoms with Gasteiger partial charge < -0.3 is 0 Å². The Hall–Kier alpha value is -1.70. The lowest BCUT2D eigenvalue weighted by Crippen LogP contribution is -2.19. The minimum absolute atomic E-state index is 0.224. The van der Waals surface area contributed by atoms with Gasteiger partial charge in [-0.3, -0.25) is 9.97 Å². The Labute approximate surface area is 135 Å². The number of rotatable bonds is 5. The smallest absolute Gasteiger partial charge is 0.0411 e. The van der Waals surface area contributed by atoms with Gasteiger partial charge in [0.2, 0.25) is 0 Å². The molecule has 118 valence electrons. The Kier molecular flexibility index (Phi) is 5.00. The van der Waals surface area contributed by atoms with Crippen LogP contribution in [0, 0.1) is 10.8 Å². The molecule has 0 N–H and O–H groups in total. The van der Waals surface area contributed by atoms with Crippen molar-refractivity contribution in [3.05, 3.63) is 59.7 Å². The fourth-order valence-electron chi connectivity index (χ4n) is 2.95. The summed E-state index contributed by atoms with van der Waals surface area (Å²) in [5.74, 6) is 0. The second-order valence-electron chi connectivity index (χ2n) is 8.27. The number of aromatic nitrogens is 2. The van der Waals surface area contributed by atoms with Crippen molar-refractivity contribution in [2.45, 2.75) is 53.9 Å². The van der Waals surface area contributed by atoms with Gasteiger partial charge in [-0.15, -0.1) is 0 Å². The number of pyridine rings is 2. The summed E-state index contributed by atoms with van der Waals surface area (Å²) in [4.78, 5) is 8.63. The Morgan fingerprint density at radius 1 is 0.773 bits per heavy atom. The Balaban J connectivity index is 2.07. The molecule has 0 amide bonds. The molecule has 2 aromatic heterocycles. The van der Waals surface area contributed by atoms with Gasteiger partial charge in [0, 0.05) is 24.3 Å². The second kappa shape index (κ2) is 6.60. The van der Waals surface area contributed by atoms with Gasteiger partial charge in [-0.2, -0.15) is 0 Å². The van der Waals surface area contributed by atoms with Crippen LogP contribution in [0.5, 0.6) is 0 Å². The maximum Gasteiger partial charge on any atom is 0.0411 e. The van der Waals surface area contributed by atoms with Gasteiger partial charge in [0.25, 0.3) is 0 Å². The van der Waals surface area contributed by atoms with Crippen molar-refractivity contribution in [3.8, 4) is 0 Å². The zero-order chi connectivity index (χ0) is 16.2. The fourth-order valence-corrected chi connectivity index (χ4v) is 2.95. The molecule has 0 aliphatic carbocycles. The summed E-state index contributed by atoms with van der Waals surface area (Å²) in [7, 11) is 0. The molecule has 0 aliphatic heterocycles. The number of hydrogen-bond donors (Lipinski definition) is 0. The Bertz CT molecular complexity index is 595. The van der Waals surface area contributed by atoms with Crippen LogP contribution < -0.4 is 0 Å². The molecule has 0 unspecified atom stereocenters. The Morgan fingerprint density at radius 2 is 1.36 bits per heavy atom. The molecule has 0 bridgehead atoms. The molecule has 0 aromatic carbocycles. The van der Waals surface area contributed by atoms with E-state index >= 15 is 0 Å². The molecule has 0 saturated heterocycles. The van der Waals surface area contributed by atoms with Gasteiger partial charge in [0.05, 0.1) is 0 Å². The lowest BCUT2D eigenvalue weighted by Gasteiger charge is -2.25. The Morgan fingerprint density at radius 3 is 2.00 bits per heavy atom. The summed E-state index contributed by atoms with van der Waals surface area (Å²) < 4.78 is 0. The van der Waals surface area contributed by atoms with E-state index in [1.807, 2.05) is 18.6 Å². The summed E-state index contributed by atoms with van der Waals surface area (Å²) in [5, 5.41) is 0. The average Bonchev–Trinajstić information content (AvgIpc) is 2.36. The van der Waals surface area contributed by atoms with Gasteiger partial charge >= 0.3 is 0 Å². The third kappa shape index (κ3) is 5.59. The van der Waals surface area contributed by atoms with Crippen molar-refractivity contribution < 1.29 is 0 Å². The first-order valence-corrected chi connectivity index (χ1v) is 8.06. The van der Waals surface area contributed by atoms with Gasteiger partial charge in [-0.25, -0.2) is 0 Å². The fraction of sp³-hybridized carbons (Fsp3) is 0.500. The van der Waals surface area contributed by atoms with E-state index < -0.39 is 0 Å². The molecule has 2 rings (SSSR count). The first-order chi connectivity index (χ1) is 10.2. The zero-order valence-electron chi connectivity index (χ0n) is 14.6. The van der Waals surface area contributed by atoms with Crippen molar-refractivity contribution in [1.29, 1.82) is 0 Å². The van der Waals surface area contributed by atoms with Crippen molar-refractivity contribution in [1.82, 2.24) is 9.97 Å². The largest absolute Gasteiger partial charge is 0.265 e. The van der Waals surface area contributed by atoms with Gasteiger partial charge in [-0.05, 0) is 65.5 Å². The van der Waals surface area contributed by atoms with Gasteiger partial charge in [-0.1, -0.05) is 34.6 Å². The summed E-state index contributed by atoms with van der Waals surface area (Å²) >= 11 is 0. The molecule has 2 heteroatoms. The minimum Gasteiger partial charge on any atom is -0.265 e. The molecule has 0 radical (unpaired) electrons. The maximum absolute atomic E-state index is 4.53. The SMILES string of the molecule is CC(C)(C)Cc1cc(CC(C)(C)Cc2ccncc2)ccn1. The molecular weight excluding hydrogens is 268 g/mol. The van der Waals surface area contributed by atoms with Gasteiger partial charge in [0.1, 0.15) is 0 Å². The van der Waals surface area contributed by atoms with E-state index in [0.717, 1.165) is 19.3 Å². The molecule has 22 heavy (non-hydrogen) atoms. The van der Waals surface area contributed by atoms with Crippen LogP contribution in [0.4, 0.5) is 0 Å². The van der Waals surface area contributed by atoms with E-state index in [1.165, 1.54) is 16.8 Å². The van der Waals surface area contributed by atoms with Crippen molar-refractivity contribution in [2.24, 2.45) is 10.8 Å². The van der Waals surface area contributed by atoms with Crippen LogP contribution >= 0.6 is 0 Å². The lowest BCUT2D eigenvalue weighted by atomic mass is 9.80. The topological polar surface area (TPSA) is 25.8 Å². The van der Waals surface area contributed by atoms with Crippen LogP contribution in [0.15, 0.2) is 42.9 Å². The molecule has 0 fully saturated rings. The standard InChI is InChI=1S/C20H28N2/c1-19(2,3)15-18-12-17(8-11-22-18)14-20(4,5)13-16-6-9-21-10-7-16/h6-12H,13-15H2,1-5H3. The average molecular weight is 296 g/mol. The van der Waals surface area contributed by atoms with Crippen LogP contribution in [-0.2, 0) is 19.3 Å². The molecule has 0 spiro atoms. The van der Waals surface area contributed by atoms with Crippen LogP contribution in [0.2, 0.25) is 0 Å². The second-order valence-corrected chi connectivity index (χ2v) is 8.27. The first-order valence-electron chi connectivity index (χ1n) is 8.06. The van der Waals surface area contributed by atoms with E-state index in [2.05, 4.69) is 68.9 Å². The third-order valence-electron chi connectivity index (χ3n) is 3.71. The van der Waals surface area contributed by atoms with Crippen LogP contribution in [-0.4, -0.2) is 9.97 Å². The number of nitrogens with zero attached hydrogens (tertiary/aromatic N) is 2. The predicted molar refractivity (Wildman–Crippen MR) is 92.8 cm³/mol. The van der Waals surface area contributed by atoms with E-state index in [-0.39, 0.29) is 10.8 Å². The van der Waals surface area contributed by atoms with Crippen molar-refractivity contribution in [3.63, 3.8) is 0 Å². The summed E-state index contributed by atoms with van der Waals surface area (Å²) in [6.07, 6.45) is 8.85. The monoisotopic (exact) mass is 296 g/mol. The summed E-state index contributed by atoms with van der Waals surface area (Å²) in [6.45, 7) is 11.4. The molecule has 0 saturated carbocycles. The highest BCUT2D eigenvalue weighted by Gasteiger charge is 2.20. The molecule has 2 nitrogen and oxygen atoms in total. The van der Waals surface area contributed by atoms with Gasteiger partial charge in [0.15, 0.2) is 0 Å². The highest BCUT2D eigenvalue weighted by Crippen LogP contribution is 2.27. The molecule has 0 atom stereocenters. The van der Waals surface area contributed by atoms with Crippen molar-refractivity contribution >= 4 is 0 Å². The first kappa shape index (κ1) is 16.7.